The van der Waals surface area contributed by atoms with Gasteiger partial charge in [0.25, 0.3) is 10.0 Å². The number of ether oxygens (including phenoxy) is 3. The molecule has 1 heterocycles. The molecule has 30 heavy (non-hydrogen) atoms. The second-order valence-electron chi connectivity index (χ2n) is 7.78. The number of sulfonamides is 1. The molecule has 0 spiro atoms. The SMILES string of the molecule is COc1ccccc1OC1C(Cl)OCCN1N(C(C)(C)C)S(=O)(=O)c1ccccc1. The maximum absolute atomic E-state index is 13.6. The van der Waals surface area contributed by atoms with Crippen LogP contribution in [0.5, 0.6) is 11.5 Å². The molecular formula is C21H27ClN2O5S. The van der Waals surface area contributed by atoms with Gasteiger partial charge in [-0.3, -0.25) is 0 Å². The van der Waals surface area contributed by atoms with Crippen LogP contribution < -0.4 is 9.47 Å². The molecule has 0 N–H and O–H groups in total. The Morgan fingerprint density at radius 3 is 2.27 bits per heavy atom. The number of hydrazine groups is 1. The van der Waals surface area contributed by atoms with Crippen molar-refractivity contribution in [3.8, 4) is 11.5 Å². The molecule has 0 radical (unpaired) electrons. The number of hydrogen-bond donors (Lipinski definition) is 0. The summed E-state index contributed by atoms with van der Waals surface area (Å²) >= 11 is 6.46. The fourth-order valence-corrected chi connectivity index (χ4v) is 5.48. The third-order valence-electron chi connectivity index (χ3n) is 4.51. The van der Waals surface area contributed by atoms with Crippen molar-refractivity contribution in [1.29, 1.82) is 0 Å². The zero-order chi connectivity index (χ0) is 21.9. The summed E-state index contributed by atoms with van der Waals surface area (Å²) in [6.45, 7) is 6.02. The van der Waals surface area contributed by atoms with Crippen molar-refractivity contribution >= 4 is 21.6 Å². The average Bonchev–Trinajstić information content (AvgIpc) is 2.70. The first kappa shape index (κ1) is 22.8. The Morgan fingerprint density at radius 2 is 1.67 bits per heavy atom. The van der Waals surface area contributed by atoms with Crippen molar-refractivity contribution in [2.24, 2.45) is 0 Å². The van der Waals surface area contributed by atoms with Crippen LogP contribution >= 0.6 is 11.6 Å². The lowest BCUT2D eigenvalue weighted by atomic mass is 10.1. The Kier molecular flexibility index (Phi) is 6.94. The average molecular weight is 455 g/mol. The fourth-order valence-electron chi connectivity index (χ4n) is 3.33. The molecule has 1 saturated heterocycles. The second kappa shape index (κ2) is 9.11. The Hall–Kier alpha value is -1.84. The van der Waals surface area contributed by atoms with Crippen LogP contribution in [0.25, 0.3) is 0 Å². The molecule has 3 rings (SSSR count). The van der Waals surface area contributed by atoms with E-state index in [0.717, 1.165) is 0 Å². The number of nitrogens with zero attached hydrogens (tertiary/aromatic N) is 2. The van der Waals surface area contributed by atoms with E-state index in [0.29, 0.717) is 11.5 Å². The van der Waals surface area contributed by atoms with Crippen molar-refractivity contribution in [2.45, 2.75) is 43.0 Å². The van der Waals surface area contributed by atoms with Crippen LogP contribution in [0.3, 0.4) is 0 Å². The summed E-state index contributed by atoms with van der Waals surface area (Å²) in [6.07, 6.45) is -0.894. The maximum atomic E-state index is 13.6. The molecule has 0 aliphatic carbocycles. The minimum atomic E-state index is -3.89. The van der Waals surface area contributed by atoms with Crippen LogP contribution in [0.15, 0.2) is 59.5 Å². The van der Waals surface area contributed by atoms with E-state index in [2.05, 4.69) is 0 Å². The maximum Gasteiger partial charge on any atom is 0.256 e. The number of methoxy groups -OCH3 is 1. The second-order valence-corrected chi connectivity index (χ2v) is 9.97. The minimum Gasteiger partial charge on any atom is -0.493 e. The first-order chi connectivity index (χ1) is 14.2. The van der Waals surface area contributed by atoms with E-state index < -0.39 is 27.4 Å². The van der Waals surface area contributed by atoms with E-state index in [-0.39, 0.29) is 18.0 Å². The van der Waals surface area contributed by atoms with E-state index in [1.807, 2.05) is 26.8 Å². The number of benzene rings is 2. The van der Waals surface area contributed by atoms with Gasteiger partial charge in [0, 0.05) is 12.1 Å². The zero-order valence-electron chi connectivity index (χ0n) is 17.5. The van der Waals surface area contributed by atoms with Crippen molar-refractivity contribution in [1.82, 2.24) is 9.42 Å². The predicted molar refractivity (Wildman–Crippen MR) is 115 cm³/mol. The highest BCUT2D eigenvalue weighted by atomic mass is 35.5. The number of hydrogen-bond acceptors (Lipinski definition) is 6. The van der Waals surface area contributed by atoms with Gasteiger partial charge in [-0.25, -0.2) is 8.42 Å². The van der Waals surface area contributed by atoms with Crippen LogP contribution in [0.2, 0.25) is 0 Å². The van der Waals surface area contributed by atoms with Gasteiger partial charge in [-0.15, -0.1) is 4.41 Å². The van der Waals surface area contributed by atoms with Crippen molar-refractivity contribution in [3.05, 3.63) is 54.6 Å². The van der Waals surface area contributed by atoms with Gasteiger partial charge in [0.2, 0.25) is 6.23 Å². The van der Waals surface area contributed by atoms with Gasteiger partial charge < -0.3 is 14.2 Å². The molecule has 2 aromatic carbocycles. The molecule has 1 aliphatic rings. The molecule has 1 aliphatic heterocycles. The number of alkyl halides is 1. The monoisotopic (exact) mass is 454 g/mol. The fraction of sp³-hybridized carbons (Fsp3) is 0.429. The van der Waals surface area contributed by atoms with Crippen molar-refractivity contribution in [2.75, 3.05) is 20.3 Å². The number of morpholine rings is 1. The van der Waals surface area contributed by atoms with E-state index in [1.54, 1.807) is 53.5 Å². The number of para-hydroxylation sites is 2. The van der Waals surface area contributed by atoms with Gasteiger partial charge in [-0.2, -0.15) is 5.01 Å². The smallest absolute Gasteiger partial charge is 0.256 e. The molecular weight excluding hydrogens is 428 g/mol. The molecule has 0 amide bonds. The number of halogens is 1. The highest BCUT2D eigenvalue weighted by Gasteiger charge is 2.46. The molecule has 1 fully saturated rings. The Labute approximate surface area is 183 Å². The summed E-state index contributed by atoms with van der Waals surface area (Å²) in [5, 5.41) is 1.62. The van der Waals surface area contributed by atoms with E-state index in [1.165, 1.54) is 11.5 Å². The third kappa shape index (κ3) is 4.73. The number of rotatable bonds is 6. The Morgan fingerprint density at radius 1 is 1.07 bits per heavy atom. The molecule has 7 nitrogen and oxygen atoms in total. The molecule has 164 valence electrons. The topological polar surface area (TPSA) is 68.3 Å². The molecule has 2 aromatic rings. The summed E-state index contributed by atoms with van der Waals surface area (Å²) < 4.78 is 45.7. The predicted octanol–water partition coefficient (Wildman–Crippen LogP) is 3.70. The summed E-state index contributed by atoms with van der Waals surface area (Å²) in [4.78, 5) is 0.189. The molecule has 0 bridgehead atoms. The highest BCUT2D eigenvalue weighted by molar-refractivity contribution is 7.89. The van der Waals surface area contributed by atoms with Gasteiger partial charge in [0.15, 0.2) is 17.1 Å². The summed E-state index contributed by atoms with van der Waals surface area (Å²) in [5.41, 5.74) is -1.68. The molecule has 9 heteroatoms. The molecule has 0 saturated carbocycles. The minimum absolute atomic E-state index is 0.189. The van der Waals surface area contributed by atoms with E-state index in [4.69, 9.17) is 25.8 Å². The highest BCUT2D eigenvalue weighted by Crippen LogP contribution is 2.34. The van der Waals surface area contributed by atoms with Crippen molar-refractivity contribution < 1.29 is 22.6 Å². The normalized spacial score (nSPS) is 20.9. The van der Waals surface area contributed by atoms with Crippen LogP contribution in [-0.4, -0.2) is 55.4 Å². The summed E-state index contributed by atoms with van der Waals surface area (Å²) in [7, 11) is -2.35. The van der Waals surface area contributed by atoms with Gasteiger partial charge in [-0.05, 0) is 45.0 Å². The van der Waals surface area contributed by atoms with Gasteiger partial charge in [0.1, 0.15) is 0 Å². The standard InChI is InChI=1S/C21H27ClN2O5S/c1-21(2,3)24(30(25,26)16-10-6-5-7-11-16)23-14-15-28-19(22)20(23)29-18-13-9-8-12-17(18)27-4/h5-13,19-20H,14-15H2,1-4H3. The molecule has 2 unspecified atom stereocenters. The summed E-state index contributed by atoms with van der Waals surface area (Å²) in [6, 6.07) is 15.4. The van der Waals surface area contributed by atoms with Gasteiger partial charge in [0.05, 0.1) is 18.6 Å². The Balaban J connectivity index is 2.04. The Bertz CT molecular complexity index is 949. The third-order valence-corrected chi connectivity index (χ3v) is 6.93. The van der Waals surface area contributed by atoms with Crippen LogP contribution in [0.4, 0.5) is 0 Å². The lowest BCUT2D eigenvalue weighted by molar-refractivity contribution is -0.189. The largest absolute Gasteiger partial charge is 0.493 e. The molecule has 2 atom stereocenters. The van der Waals surface area contributed by atoms with Crippen LogP contribution in [0, 0.1) is 0 Å². The van der Waals surface area contributed by atoms with Gasteiger partial charge in [-0.1, -0.05) is 41.9 Å². The summed E-state index contributed by atoms with van der Waals surface area (Å²) in [5.74, 6) is 0.956. The van der Waals surface area contributed by atoms with E-state index >= 15 is 0 Å². The lowest BCUT2D eigenvalue weighted by Crippen LogP contribution is -2.65. The van der Waals surface area contributed by atoms with Gasteiger partial charge >= 0.3 is 0 Å². The first-order valence-electron chi connectivity index (χ1n) is 9.58. The van der Waals surface area contributed by atoms with Crippen LogP contribution in [-0.2, 0) is 14.8 Å². The quantitative estimate of drug-likeness (QED) is 0.620. The zero-order valence-corrected chi connectivity index (χ0v) is 19.1. The first-order valence-corrected chi connectivity index (χ1v) is 11.5. The van der Waals surface area contributed by atoms with Crippen molar-refractivity contribution in [3.63, 3.8) is 0 Å². The molecule has 0 aromatic heterocycles. The van der Waals surface area contributed by atoms with E-state index in [9.17, 15) is 8.42 Å². The van der Waals surface area contributed by atoms with Crippen LogP contribution in [0.1, 0.15) is 20.8 Å². The lowest BCUT2D eigenvalue weighted by Gasteiger charge is -2.48.